The summed E-state index contributed by atoms with van der Waals surface area (Å²) in [6.07, 6.45) is 1.47. The second-order valence-corrected chi connectivity index (χ2v) is 9.19. The van der Waals surface area contributed by atoms with Gasteiger partial charge < -0.3 is 14.4 Å². The number of carbonyl (C=O) groups is 2. The largest absolute Gasteiger partial charge is 0.507 e. The van der Waals surface area contributed by atoms with Gasteiger partial charge in [-0.15, -0.1) is 0 Å². The van der Waals surface area contributed by atoms with Crippen LogP contribution in [0.2, 0.25) is 0 Å². The van der Waals surface area contributed by atoms with E-state index >= 15 is 0 Å². The number of ketones is 1. The molecule has 4 rings (SSSR count). The monoisotopic (exact) mass is 460 g/mol. The number of furan rings is 1. The number of aliphatic hydroxyl groups excluding tert-OH is 1. The average molecular weight is 460 g/mol. The lowest BCUT2D eigenvalue weighted by molar-refractivity contribution is -0.384. The lowest BCUT2D eigenvalue weighted by Crippen LogP contribution is -2.29. The van der Waals surface area contributed by atoms with Gasteiger partial charge in [-0.3, -0.25) is 19.7 Å². The molecule has 1 aliphatic heterocycles. The van der Waals surface area contributed by atoms with Gasteiger partial charge in [0.1, 0.15) is 11.5 Å². The van der Waals surface area contributed by atoms with Crippen LogP contribution in [0, 0.1) is 10.1 Å². The molecule has 0 aliphatic carbocycles. The Balaban J connectivity index is 1.87. The number of likely N-dealkylation sites (tertiary alicyclic amines) is 1. The van der Waals surface area contributed by atoms with Gasteiger partial charge >= 0.3 is 0 Å². The first-order valence-corrected chi connectivity index (χ1v) is 10.7. The summed E-state index contributed by atoms with van der Waals surface area (Å²) in [4.78, 5) is 38.1. The zero-order chi connectivity index (χ0) is 24.6. The molecule has 1 unspecified atom stereocenters. The van der Waals surface area contributed by atoms with Gasteiger partial charge in [0.25, 0.3) is 17.4 Å². The fourth-order valence-electron chi connectivity index (χ4n) is 4.05. The predicted octanol–water partition coefficient (Wildman–Crippen LogP) is 5.11. The first-order valence-electron chi connectivity index (χ1n) is 10.7. The number of amides is 1. The third-order valence-corrected chi connectivity index (χ3v) is 5.87. The van der Waals surface area contributed by atoms with Crippen LogP contribution < -0.4 is 0 Å². The van der Waals surface area contributed by atoms with E-state index < -0.39 is 28.4 Å². The molecule has 1 fully saturated rings. The number of hydrogen-bond donors (Lipinski definition) is 1. The zero-order valence-corrected chi connectivity index (χ0v) is 19.0. The van der Waals surface area contributed by atoms with Gasteiger partial charge in [0.05, 0.1) is 29.3 Å². The van der Waals surface area contributed by atoms with Gasteiger partial charge in [-0.05, 0) is 28.7 Å². The normalized spacial score (nSPS) is 17.9. The quantitative estimate of drug-likeness (QED) is 0.186. The summed E-state index contributed by atoms with van der Waals surface area (Å²) in [7, 11) is 0. The highest BCUT2D eigenvalue weighted by Crippen LogP contribution is 2.41. The maximum Gasteiger partial charge on any atom is 0.296 e. The molecule has 34 heavy (non-hydrogen) atoms. The highest BCUT2D eigenvalue weighted by atomic mass is 16.6. The highest BCUT2D eigenvalue weighted by Gasteiger charge is 2.46. The number of hydrogen-bond acceptors (Lipinski definition) is 6. The van der Waals surface area contributed by atoms with Crippen LogP contribution in [0.15, 0.2) is 76.9 Å². The summed E-state index contributed by atoms with van der Waals surface area (Å²) in [6.45, 7) is 6.25. The minimum atomic E-state index is -0.890. The number of nitrogens with zero attached hydrogens (tertiary/aromatic N) is 2. The van der Waals surface area contributed by atoms with Gasteiger partial charge in [0.2, 0.25) is 0 Å². The molecule has 8 heteroatoms. The van der Waals surface area contributed by atoms with Gasteiger partial charge in [0, 0.05) is 17.7 Å². The zero-order valence-electron chi connectivity index (χ0n) is 19.0. The number of nitro groups is 1. The SMILES string of the molecule is CC(C)(C)c1ccc(C2C(=C(O)c3cccc([N+](=O)[O-])c3)C(=O)C(=O)N2Cc2ccco2)cc1. The smallest absolute Gasteiger partial charge is 0.296 e. The fourth-order valence-corrected chi connectivity index (χ4v) is 4.05. The number of Topliss-reactive ketones (excluding diaryl/α,β-unsaturated/α-hetero) is 1. The van der Waals surface area contributed by atoms with Crippen molar-refractivity contribution < 1.29 is 24.0 Å². The lowest BCUT2D eigenvalue weighted by Gasteiger charge is -2.26. The predicted molar refractivity (Wildman–Crippen MR) is 125 cm³/mol. The van der Waals surface area contributed by atoms with Crippen LogP contribution in [0.25, 0.3) is 5.76 Å². The molecule has 0 spiro atoms. The Kier molecular flexibility index (Phi) is 5.83. The van der Waals surface area contributed by atoms with Crippen LogP contribution in [0.5, 0.6) is 0 Å². The Labute approximate surface area is 196 Å². The molecule has 1 N–H and O–H groups in total. The van der Waals surface area contributed by atoms with E-state index in [1.807, 2.05) is 24.3 Å². The van der Waals surface area contributed by atoms with E-state index in [0.717, 1.165) is 5.56 Å². The number of rotatable bonds is 5. The minimum Gasteiger partial charge on any atom is -0.507 e. The first kappa shape index (κ1) is 23.0. The second kappa shape index (κ2) is 8.62. The van der Waals surface area contributed by atoms with Crippen LogP contribution in [-0.2, 0) is 21.5 Å². The van der Waals surface area contributed by atoms with Crippen molar-refractivity contribution in [3.63, 3.8) is 0 Å². The molecular formula is C26H24N2O6. The maximum absolute atomic E-state index is 13.1. The number of aliphatic hydroxyl groups is 1. The Morgan fingerprint density at radius 3 is 2.38 bits per heavy atom. The average Bonchev–Trinajstić information content (AvgIpc) is 3.40. The van der Waals surface area contributed by atoms with Crippen LogP contribution in [0.4, 0.5) is 5.69 Å². The molecule has 1 aromatic heterocycles. The molecule has 1 atom stereocenters. The van der Waals surface area contributed by atoms with E-state index in [1.165, 1.54) is 35.4 Å². The van der Waals surface area contributed by atoms with E-state index in [0.29, 0.717) is 11.3 Å². The summed E-state index contributed by atoms with van der Waals surface area (Å²) in [5.74, 6) is -1.63. The highest BCUT2D eigenvalue weighted by molar-refractivity contribution is 6.46. The van der Waals surface area contributed by atoms with Crippen LogP contribution in [-0.4, -0.2) is 26.6 Å². The number of carbonyl (C=O) groups excluding carboxylic acids is 2. The van der Waals surface area contributed by atoms with Crippen LogP contribution >= 0.6 is 0 Å². The molecule has 2 heterocycles. The van der Waals surface area contributed by atoms with Crippen LogP contribution in [0.3, 0.4) is 0 Å². The minimum absolute atomic E-state index is 0.0228. The summed E-state index contributed by atoms with van der Waals surface area (Å²) in [5.41, 5.74) is 1.32. The van der Waals surface area contributed by atoms with E-state index in [2.05, 4.69) is 20.8 Å². The molecule has 1 amide bonds. The van der Waals surface area contributed by atoms with E-state index in [-0.39, 0.29) is 28.8 Å². The molecule has 174 valence electrons. The second-order valence-electron chi connectivity index (χ2n) is 9.19. The maximum atomic E-state index is 13.1. The molecule has 1 saturated heterocycles. The molecule has 0 bridgehead atoms. The van der Waals surface area contributed by atoms with Crippen molar-refractivity contribution in [2.45, 2.75) is 38.8 Å². The van der Waals surface area contributed by atoms with Gasteiger partial charge in [0.15, 0.2) is 0 Å². The van der Waals surface area contributed by atoms with Crippen molar-refractivity contribution in [2.75, 3.05) is 0 Å². The molecule has 2 aromatic carbocycles. The summed E-state index contributed by atoms with van der Waals surface area (Å²) in [5, 5.41) is 22.3. The third kappa shape index (κ3) is 4.22. The Morgan fingerprint density at radius 2 is 1.79 bits per heavy atom. The van der Waals surface area contributed by atoms with Crippen molar-refractivity contribution in [1.29, 1.82) is 0 Å². The van der Waals surface area contributed by atoms with Crippen molar-refractivity contribution in [2.24, 2.45) is 0 Å². The summed E-state index contributed by atoms with van der Waals surface area (Å²) < 4.78 is 5.39. The number of benzene rings is 2. The Hall–Kier alpha value is -4.20. The summed E-state index contributed by atoms with van der Waals surface area (Å²) >= 11 is 0. The Morgan fingerprint density at radius 1 is 1.09 bits per heavy atom. The topological polar surface area (TPSA) is 114 Å². The van der Waals surface area contributed by atoms with Crippen molar-refractivity contribution in [1.82, 2.24) is 4.90 Å². The number of non-ortho nitro benzene ring substituents is 1. The van der Waals surface area contributed by atoms with Crippen molar-refractivity contribution in [3.8, 4) is 0 Å². The van der Waals surface area contributed by atoms with E-state index in [1.54, 1.807) is 12.1 Å². The molecule has 0 saturated carbocycles. The van der Waals surface area contributed by atoms with Gasteiger partial charge in [-0.1, -0.05) is 57.2 Å². The molecule has 8 nitrogen and oxygen atoms in total. The van der Waals surface area contributed by atoms with Crippen molar-refractivity contribution >= 4 is 23.1 Å². The van der Waals surface area contributed by atoms with Crippen molar-refractivity contribution in [3.05, 3.63) is 105 Å². The summed E-state index contributed by atoms with van der Waals surface area (Å²) in [6, 6.07) is 15.3. The van der Waals surface area contributed by atoms with Gasteiger partial charge in [-0.25, -0.2) is 0 Å². The number of nitro benzene ring substituents is 1. The fraction of sp³-hybridized carbons (Fsp3) is 0.231. The van der Waals surface area contributed by atoms with Crippen LogP contribution in [0.1, 0.15) is 49.3 Å². The standard InChI is InChI=1S/C26H24N2O6/c1-26(2,3)18-11-9-16(10-12-18)22-21(23(29)17-6-4-7-19(14-17)28(32)33)24(30)25(31)27(22)15-20-8-5-13-34-20/h4-14,22,29H,15H2,1-3H3. The first-order chi connectivity index (χ1) is 16.1. The molecule has 3 aromatic rings. The van der Waals surface area contributed by atoms with E-state index in [4.69, 9.17) is 4.42 Å². The van der Waals surface area contributed by atoms with E-state index in [9.17, 15) is 24.8 Å². The third-order valence-electron chi connectivity index (χ3n) is 5.87. The Bertz CT molecular complexity index is 1280. The molecule has 0 radical (unpaired) electrons. The molecular weight excluding hydrogens is 436 g/mol. The molecule has 1 aliphatic rings. The van der Waals surface area contributed by atoms with Gasteiger partial charge in [-0.2, -0.15) is 0 Å². The lowest BCUT2D eigenvalue weighted by atomic mass is 9.85.